The Morgan fingerprint density at radius 2 is 2.08 bits per heavy atom. The van der Waals surface area contributed by atoms with Crippen LogP contribution in [0.1, 0.15) is 42.7 Å². The van der Waals surface area contributed by atoms with Gasteiger partial charge >= 0.3 is 6.61 Å². The summed E-state index contributed by atoms with van der Waals surface area (Å²) in [4.78, 5) is 13.8. The minimum Gasteiger partial charge on any atom is -0.435 e. The first-order valence-electron chi connectivity index (χ1n) is 8.49. The van der Waals surface area contributed by atoms with Crippen molar-refractivity contribution in [1.29, 1.82) is 0 Å². The lowest BCUT2D eigenvalue weighted by molar-refractivity contribution is -0.116. The number of thioether (sulfide) groups is 1. The molecule has 0 spiro atoms. The molecule has 132 valence electrons. The van der Waals surface area contributed by atoms with Crippen molar-refractivity contribution in [1.82, 2.24) is 5.32 Å². The molecule has 0 aromatic heterocycles. The Bertz CT molecular complexity index is 801. The van der Waals surface area contributed by atoms with Crippen LogP contribution in [0.5, 0.6) is 5.75 Å². The van der Waals surface area contributed by atoms with E-state index >= 15 is 0 Å². The minimum absolute atomic E-state index is 0.160. The average Bonchev–Trinajstić information content (AvgIpc) is 3.03. The summed E-state index contributed by atoms with van der Waals surface area (Å²) in [6, 6.07) is 5.40. The lowest BCUT2D eigenvalue weighted by Gasteiger charge is -2.33. The number of halogens is 2. The Morgan fingerprint density at radius 1 is 1.24 bits per heavy atom. The quantitative estimate of drug-likeness (QED) is 0.849. The molecule has 0 radical (unpaired) electrons. The molecular weight excluding hydrogens is 344 g/mol. The van der Waals surface area contributed by atoms with Gasteiger partial charge in [-0.2, -0.15) is 8.78 Å². The van der Waals surface area contributed by atoms with Crippen molar-refractivity contribution in [2.45, 2.75) is 45.1 Å². The van der Waals surface area contributed by atoms with Crippen LogP contribution in [-0.4, -0.2) is 18.1 Å². The van der Waals surface area contributed by atoms with Gasteiger partial charge in [-0.05, 0) is 43.4 Å². The fourth-order valence-corrected chi connectivity index (χ4v) is 5.11. The van der Waals surface area contributed by atoms with Crippen LogP contribution in [0, 0.1) is 6.92 Å². The molecule has 0 saturated heterocycles. The monoisotopic (exact) mass is 363 g/mol. The molecule has 1 aromatic carbocycles. The number of benzene rings is 1. The normalized spacial score (nSPS) is 22.9. The first-order chi connectivity index (χ1) is 12.0. The van der Waals surface area contributed by atoms with Crippen LogP contribution in [0.3, 0.4) is 0 Å². The summed E-state index contributed by atoms with van der Waals surface area (Å²) in [6.07, 6.45) is 3.23. The Labute approximate surface area is 149 Å². The van der Waals surface area contributed by atoms with E-state index in [2.05, 4.69) is 10.1 Å². The van der Waals surface area contributed by atoms with Crippen molar-refractivity contribution in [3.8, 4) is 5.75 Å². The molecule has 1 atom stereocenters. The van der Waals surface area contributed by atoms with Crippen LogP contribution in [-0.2, 0) is 4.79 Å². The number of ketones is 1. The van der Waals surface area contributed by atoms with Gasteiger partial charge in [-0.15, -0.1) is 11.8 Å². The number of ether oxygens (including phenoxy) is 1. The molecule has 1 unspecified atom stereocenters. The molecule has 2 aliphatic heterocycles. The lowest BCUT2D eigenvalue weighted by atomic mass is 9.79. The number of carbonyl (C=O) groups is 1. The highest BCUT2D eigenvalue weighted by molar-refractivity contribution is 8.03. The second-order valence-electron chi connectivity index (χ2n) is 6.57. The fraction of sp³-hybridized carbons (Fsp3) is 0.421. The summed E-state index contributed by atoms with van der Waals surface area (Å²) < 4.78 is 30.1. The number of rotatable bonds is 3. The molecule has 3 aliphatic rings. The predicted molar refractivity (Wildman–Crippen MR) is 93.7 cm³/mol. The van der Waals surface area contributed by atoms with Gasteiger partial charge < -0.3 is 10.1 Å². The van der Waals surface area contributed by atoms with Gasteiger partial charge in [0.25, 0.3) is 0 Å². The second-order valence-corrected chi connectivity index (χ2v) is 7.71. The molecule has 3 nitrogen and oxygen atoms in total. The Morgan fingerprint density at radius 3 is 2.88 bits per heavy atom. The Kier molecular flexibility index (Phi) is 4.31. The Balaban J connectivity index is 1.82. The summed E-state index contributed by atoms with van der Waals surface area (Å²) >= 11 is 1.75. The van der Waals surface area contributed by atoms with Gasteiger partial charge in [0.1, 0.15) is 5.75 Å². The van der Waals surface area contributed by atoms with E-state index in [9.17, 15) is 13.6 Å². The summed E-state index contributed by atoms with van der Waals surface area (Å²) in [7, 11) is 0. The van der Waals surface area contributed by atoms with Crippen LogP contribution < -0.4 is 10.1 Å². The minimum atomic E-state index is -2.86. The topological polar surface area (TPSA) is 38.3 Å². The first-order valence-corrected chi connectivity index (χ1v) is 9.47. The van der Waals surface area contributed by atoms with E-state index in [4.69, 9.17) is 0 Å². The summed E-state index contributed by atoms with van der Waals surface area (Å²) in [5.41, 5.74) is 4.52. The van der Waals surface area contributed by atoms with E-state index in [0.29, 0.717) is 12.0 Å². The molecule has 6 heteroatoms. The third-order valence-electron chi connectivity index (χ3n) is 4.98. The maximum Gasteiger partial charge on any atom is 0.387 e. The van der Waals surface area contributed by atoms with Crippen LogP contribution in [0.25, 0.3) is 0 Å². The maximum absolute atomic E-state index is 12.7. The molecule has 2 heterocycles. The molecule has 25 heavy (non-hydrogen) atoms. The van der Waals surface area contributed by atoms with E-state index in [1.54, 1.807) is 30.8 Å². The van der Waals surface area contributed by atoms with Crippen LogP contribution in [0.2, 0.25) is 0 Å². The standard InChI is InChI=1S/C19H19F2NO2S/c1-10-5-6-11(9-15(10)24-19(20)21)16-17-12(3-2-4-14(17)23)22-13-7-8-25-18(13)16/h5-6,9,16,19,22H,2-4,7-8H2,1H3. The zero-order valence-corrected chi connectivity index (χ0v) is 14.7. The third kappa shape index (κ3) is 2.97. The number of aryl methyl sites for hydroxylation is 1. The SMILES string of the molecule is Cc1ccc(C2C3=C(CCS3)NC3=C2C(=O)CCC3)cc1OC(F)F. The van der Waals surface area contributed by atoms with Gasteiger partial charge in [-0.25, -0.2) is 0 Å². The number of hydrogen-bond donors (Lipinski definition) is 1. The molecule has 0 fully saturated rings. The first kappa shape index (κ1) is 16.6. The van der Waals surface area contributed by atoms with Crippen molar-refractivity contribution < 1.29 is 18.3 Å². The average molecular weight is 363 g/mol. The van der Waals surface area contributed by atoms with Crippen LogP contribution >= 0.6 is 11.8 Å². The molecule has 0 saturated carbocycles. The number of carbonyl (C=O) groups excluding carboxylic acids is 1. The number of allylic oxidation sites excluding steroid dienone is 4. The highest BCUT2D eigenvalue weighted by Gasteiger charge is 2.38. The maximum atomic E-state index is 12.7. The van der Waals surface area contributed by atoms with E-state index in [1.165, 1.54) is 5.70 Å². The zero-order valence-electron chi connectivity index (χ0n) is 13.9. The van der Waals surface area contributed by atoms with Gasteiger partial charge in [-0.3, -0.25) is 4.79 Å². The largest absolute Gasteiger partial charge is 0.435 e. The molecular formula is C19H19F2NO2S. The predicted octanol–water partition coefficient (Wildman–Crippen LogP) is 4.64. The summed E-state index contributed by atoms with van der Waals surface area (Å²) in [6.45, 7) is -1.11. The van der Waals surface area contributed by atoms with Gasteiger partial charge in [0.2, 0.25) is 0 Å². The Hall–Kier alpha value is -1.82. The van der Waals surface area contributed by atoms with Gasteiger partial charge in [0.15, 0.2) is 5.78 Å². The lowest BCUT2D eigenvalue weighted by Crippen LogP contribution is -2.30. The summed E-state index contributed by atoms with van der Waals surface area (Å²) in [5, 5.41) is 3.47. The zero-order chi connectivity index (χ0) is 17.6. The van der Waals surface area contributed by atoms with Crippen molar-refractivity contribution in [2.75, 3.05) is 5.75 Å². The van der Waals surface area contributed by atoms with E-state index in [1.807, 2.05) is 6.07 Å². The van der Waals surface area contributed by atoms with Gasteiger partial charge in [-0.1, -0.05) is 12.1 Å². The van der Waals surface area contributed by atoms with Crippen LogP contribution in [0.4, 0.5) is 8.78 Å². The molecule has 0 amide bonds. The number of Topliss-reactive ketones (excluding diaryl/α,β-unsaturated/α-hetero) is 1. The van der Waals surface area contributed by atoms with Gasteiger partial charge in [0, 0.05) is 40.0 Å². The van der Waals surface area contributed by atoms with Gasteiger partial charge in [0.05, 0.1) is 0 Å². The number of nitrogens with one attached hydrogen (secondary N) is 1. The fourth-order valence-electron chi connectivity index (χ4n) is 3.83. The van der Waals surface area contributed by atoms with Crippen molar-refractivity contribution in [3.63, 3.8) is 0 Å². The van der Waals surface area contributed by atoms with Crippen molar-refractivity contribution in [3.05, 3.63) is 51.2 Å². The summed E-state index contributed by atoms with van der Waals surface area (Å²) in [5.74, 6) is 1.17. The second kappa shape index (κ2) is 6.48. The van der Waals surface area contributed by atoms with E-state index in [-0.39, 0.29) is 17.5 Å². The molecule has 1 aliphatic carbocycles. The van der Waals surface area contributed by atoms with Crippen LogP contribution in [0.15, 0.2) is 40.1 Å². The molecule has 0 bridgehead atoms. The number of dihydropyridines is 1. The van der Waals surface area contributed by atoms with Crippen molar-refractivity contribution >= 4 is 17.5 Å². The van der Waals surface area contributed by atoms with Crippen molar-refractivity contribution in [2.24, 2.45) is 0 Å². The molecule has 4 rings (SSSR count). The molecule has 1 aromatic rings. The number of alkyl halides is 2. The van der Waals surface area contributed by atoms with E-state index in [0.717, 1.165) is 46.8 Å². The highest BCUT2D eigenvalue weighted by atomic mass is 32.2. The third-order valence-corrected chi connectivity index (χ3v) is 6.18. The number of hydrogen-bond acceptors (Lipinski definition) is 4. The van der Waals surface area contributed by atoms with E-state index < -0.39 is 6.61 Å². The molecule has 1 N–H and O–H groups in total. The smallest absolute Gasteiger partial charge is 0.387 e. The highest BCUT2D eigenvalue weighted by Crippen LogP contribution is 2.50.